The van der Waals surface area contributed by atoms with Crippen LogP contribution in [-0.4, -0.2) is 67.0 Å². The van der Waals surface area contributed by atoms with Gasteiger partial charge in [0.1, 0.15) is 24.4 Å². The maximum Gasteiger partial charge on any atom is 0.243 e. The largest absolute Gasteiger partial charge is 0.492 e. The van der Waals surface area contributed by atoms with E-state index in [0.717, 1.165) is 29.7 Å². The first-order valence-corrected chi connectivity index (χ1v) is 13.9. The van der Waals surface area contributed by atoms with E-state index >= 15 is 0 Å². The minimum atomic E-state index is -0.844. The fraction of sp³-hybridized carbons (Fsp3) is 0.433. The van der Waals surface area contributed by atoms with E-state index in [1.54, 1.807) is 26.1 Å². The number of benzene rings is 2. The number of nitrogens with one attached hydrogen (secondary N) is 3. The summed E-state index contributed by atoms with van der Waals surface area (Å²) in [4.78, 5) is 41.8. The summed E-state index contributed by atoms with van der Waals surface area (Å²) < 4.78 is 6.05. The van der Waals surface area contributed by atoms with Gasteiger partial charge in [-0.2, -0.15) is 0 Å². The molecule has 1 spiro atoms. The van der Waals surface area contributed by atoms with E-state index < -0.39 is 23.5 Å². The minimum absolute atomic E-state index is 0.122. The molecule has 0 aromatic heterocycles. The molecular weight excluding hydrogens is 516 g/mol. The maximum absolute atomic E-state index is 13.7. The molecule has 1 saturated carbocycles. The average molecular weight is 553 g/mol. The van der Waals surface area contributed by atoms with Gasteiger partial charge in [-0.25, -0.2) is 0 Å². The van der Waals surface area contributed by atoms with Crippen molar-refractivity contribution in [3.05, 3.63) is 70.8 Å². The highest BCUT2D eigenvalue weighted by Gasteiger charge is 2.44. The normalized spacial score (nSPS) is 22.8. The van der Waals surface area contributed by atoms with Crippen LogP contribution in [0.5, 0.6) is 5.75 Å². The molecule has 2 aliphatic rings. The molecule has 2 aromatic carbocycles. The number of halogens is 1. The van der Waals surface area contributed by atoms with E-state index in [0.29, 0.717) is 31.0 Å². The van der Waals surface area contributed by atoms with Crippen molar-refractivity contribution in [3.63, 3.8) is 0 Å². The molecule has 208 valence electrons. The SMILES string of the molecule is C[C@H]1C(=O)N[C@@H](Cc2cccc(Cl)c2)C(=O)NCC=Cc2ccccc2OCCNC2(CCCC2)C(=O)N1C. The lowest BCUT2D eigenvalue weighted by Gasteiger charge is -2.36. The van der Waals surface area contributed by atoms with Crippen LogP contribution < -0.4 is 20.7 Å². The lowest BCUT2D eigenvalue weighted by Crippen LogP contribution is -2.61. The number of para-hydroxylation sites is 1. The molecule has 3 N–H and O–H groups in total. The predicted molar refractivity (Wildman–Crippen MR) is 153 cm³/mol. The first kappa shape index (κ1) is 28.6. The van der Waals surface area contributed by atoms with Crippen molar-refractivity contribution < 1.29 is 19.1 Å². The Kier molecular flexibility index (Phi) is 9.64. The minimum Gasteiger partial charge on any atom is -0.492 e. The van der Waals surface area contributed by atoms with Crippen LogP contribution in [0.3, 0.4) is 0 Å². The summed E-state index contributed by atoms with van der Waals surface area (Å²) in [6.45, 7) is 2.84. The molecule has 1 aliphatic carbocycles. The first-order chi connectivity index (χ1) is 18.8. The monoisotopic (exact) mass is 552 g/mol. The molecule has 3 amide bonds. The predicted octanol–water partition coefficient (Wildman–Crippen LogP) is 3.34. The van der Waals surface area contributed by atoms with Crippen molar-refractivity contribution in [3.8, 4) is 5.75 Å². The standard InChI is InChI=1S/C30H37ClN4O4/c1-21-27(36)34-25(20-22-9-7-12-24(31)19-22)28(37)32-16-8-11-23-10-3-4-13-26(23)39-18-17-33-30(14-5-6-15-30)29(38)35(21)2/h3-4,7-13,19,21,25,33H,5-6,14-18,20H2,1-2H3,(H,32,37)(H,34,36)/t21-,25-/m0/s1. The van der Waals surface area contributed by atoms with Crippen molar-refractivity contribution in [2.75, 3.05) is 26.7 Å². The summed E-state index contributed by atoms with van der Waals surface area (Å²) >= 11 is 6.16. The van der Waals surface area contributed by atoms with Gasteiger partial charge in [-0.1, -0.05) is 66.9 Å². The number of ether oxygens (including phenoxy) is 1. The second kappa shape index (κ2) is 13.1. The smallest absolute Gasteiger partial charge is 0.243 e. The summed E-state index contributed by atoms with van der Waals surface area (Å²) in [6.07, 6.45) is 7.27. The molecule has 1 aliphatic heterocycles. The molecular formula is C30H37ClN4O4. The van der Waals surface area contributed by atoms with Crippen LogP contribution in [0.2, 0.25) is 5.02 Å². The molecule has 2 aromatic rings. The van der Waals surface area contributed by atoms with Crippen LogP contribution in [0.1, 0.15) is 43.7 Å². The van der Waals surface area contributed by atoms with E-state index in [9.17, 15) is 14.4 Å². The van der Waals surface area contributed by atoms with Crippen molar-refractivity contribution in [2.24, 2.45) is 0 Å². The van der Waals surface area contributed by atoms with Crippen LogP contribution in [-0.2, 0) is 20.8 Å². The molecule has 0 bridgehead atoms. The molecule has 8 nitrogen and oxygen atoms in total. The summed E-state index contributed by atoms with van der Waals surface area (Å²) in [5, 5.41) is 9.78. The third-order valence-electron chi connectivity index (χ3n) is 7.54. The van der Waals surface area contributed by atoms with E-state index in [1.165, 1.54) is 4.90 Å². The number of likely N-dealkylation sites (N-methyl/N-ethyl adjacent to an activating group) is 1. The number of amides is 3. The summed E-state index contributed by atoms with van der Waals surface area (Å²) in [5.41, 5.74) is 0.962. The zero-order valence-corrected chi connectivity index (χ0v) is 23.3. The van der Waals surface area contributed by atoms with Crippen molar-refractivity contribution in [2.45, 2.75) is 56.7 Å². The van der Waals surface area contributed by atoms with Crippen LogP contribution in [0.4, 0.5) is 0 Å². The van der Waals surface area contributed by atoms with Crippen LogP contribution >= 0.6 is 11.6 Å². The van der Waals surface area contributed by atoms with Crippen LogP contribution in [0, 0.1) is 0 Å². The van der Waals surface area contributed by atoms with Crippen molar-refractivity contribution in [1.29, 1.82) is 0 Å². The number of hydrogen-bond acceptors (Lipinski definition) is 5. The van der Waals surface area contributed by atoms with E-state index in [4.69, 9.17) is 16.3 Å². The summed E-state index contributed by atoms with van der Waals surface area (Å²) in [7, 11) is 1.65. The van der Waals surface area contributed by atoms with Gasteiger partial charge in [0.25, 0.3) is 0 Å². The molecule has 2 atom stereocenters. The Morgan fingerprint density at radius 2 is 1.82 bits per heavy atom. The van der Waals surface area contributed by atoms with E-state index in [1.807, 2.05) is 48.6 Å². The third-order valence-corrected chi connectivity index (χ3v) is 7.78. The third kappa shape index (κ3) is 7.19. The molecule has 9 heteroatoms. The highest BCUT2D eigenvalue weighted by atomic mass is 35.5. The zero-order chi connectivity index (χ0) is 27.8. The fourth-order valence-corrected chi connectivity index (χ4v) is 5.42. The lowest BCUT2D eigenvalue weighted by molar-refractivity contribution is -0.144. The number of carbonyl (C=O) groups is 3. The number of rotatable bonds is 2. The average Bonchev–Trinajstić information content (AvgIpc) is 3.42. The summed E-state index contributed by atoms with van der Waals surface area (Å²) in [6, 6.07) is 13.3. The quantitative estimate of drug-likeness (QED) is 0.531. The van der Waals surface area contributed by atoms with Gasteiger partial charge in [0.15, 0.2) is 0 Å². The molecule has 1 fully saturated rings. The van der Waals surface area contributed by atoms with Gasteiger partial charge in [0.2, 0.25) is 17.7 Å². The topological polar surface area (TPSA) is 99.8 Å². The molecule has 0 radical (unpaired) electrons. The Morgan fingerprint density at radius 1 is 1.05 bits per heavy atom. The zero-order valence-electron chi connectivity index (χ0n) is 22.5. The van der Waals surface area contributed by atoms with Gasteiger partial charge in [-0.05, 0) is 43.5 Å². The van der Waals surface area contributed by atoms with Gasteiger partial charge in [0.05, 0.1) is 5.54 Å². The number of nitrogens with zero attached hydrogens (tertiary/aromatic N) is 1. The van der Waals surface area contributed by atoms with Gasteiger partial charge in [-0.3, -0.25) is 19.7 Å². The molecule has 4 rings (SSSR count). The molecule has 0 unspecified atom stereocenters. The van der Waals surface area contributed by atoms with Crippen LogP contribution in [0.15, 0.2) is 54.6 Å². The summed E-state index contributed by atoms with van der Waals surface area (Å²) in [5.74, 6) is -0.113. The van der Waals surface area contributed by atoms with Crippen molar-refractivity contribution >= 4 is 35.4 Å². The second-order valence-corrected chi connectivity index (χ2v) is 10.7. The Balaban J connectivity index is 1.61. The Hall–Kier alpha value is -3.36. The van der Waals surface area contributed by atoms with Crippen LogP contribution in [0.25, 0.3) is 6.08 Å². The maximum atomic E-state index is 13.7. The van der Waals surface area contributed by atoms with Crippen molar-refractivity contribution in [1.82, 2.24) is 20.9 Å². The molecule has 39 heavy (non-hydrogen) atoms. The van der Waals surface area contributed by atoms with Gasteiger partial charge in [-0.15, -0.1) is 0 Å². The van der Waals surface area contributed by atoms with Gasteiger partial charge >= 0.3 is 0 Å². The highest BCUT2D eigenvalue weighted by molar-refractivity contribution is 6.30. The second-order valence-electron chi connectivity index (χ2n) is 10.2. The van der Waals surface area contributed by atoms with E-state index in [-0.39, 0.29) is 24.8 Å². The highest BCUT2D eigenvalue weighted by Crippen LogP contribution is 2.32. The fourth-order valence-electron chi connectivity index (χ4n) is 5.20. The Bertz CT molecular complexity index is 1210. The first-order valence-electron chi connectivity index (χ1n) is 13.5. The molecule has 1 heterocycles. The lowest BCUT2D eigenvalue weighted by atomic mass is 9.94. The number of carbonyl (C=O) groups excluding carboxylic acids is 3. The molecule has 0 saturated heterocycles. The Morgan fingerprint density at radius 3 is 2.59 bits per heavy atom. The van der Waals surface area contributed by atoms with E-state index in [2.05, 4.69) is 16.0 Å². The number of fused-ring (bicyclic) bond motifs is 1. The van der Waals surface area contributed by atoms with Gasteiger partial charge < -0.3 is 20.3 Å². The Labute approximate surface area is 235 Å². The number of hydrogen-bond donors (Lipinski definition) is 3. The van der Waals surface area contributed by atoms with Gasteiger partial charge in [0, 0.05) is 37.1 Å².